The van der Waals surface area contributed by atoms with E-state index in [2.05, 4.69) is 0 Å². The summed E-state index contributed by atoms with van der Waals surface area (Å²) >= 11 is 0. The van der Waals surface area contributed by atoms with Crippen molar-refractivity contribution < 1.29 is 9.84 Å². The van der Waals surface area contributed by atoms with Crippen LogP contribution in [0.25, 0.3) is 10.8 Å². The first-order valence-electron chi connectivity index (χ1n) is 5.37. The van der Waals surface area contributed by atoms with E-state index in [0.29, 0.717) is 0 Å². The second-order valence-corrected chi connectivity index (χ2v) is 3.85. The van der Waals surface area contributed by atoms with E-state index in [9.17, 15) is 5.11 Å². The molecule has 0 aliphatic heterocycles. The van der Waals surface area contributed by atoms with E-state index in [1.165, 1.54) is 0 Å². The summed E-state index contributed by atoms with van der Waals surface area (Å²) in [5, 5.41) is 20.4. The number of aliphatic hydroxyl groups excluding tert-OH is 1. The van der Waals surface area contributed by atoms with E-state index in [1.54, 1.807) is 7.11 Å². The molecule has 2 aromatic carbocycles. The molecule has 0 heterocycles. The number of methoxy groups -OCH3 is 1. The van der Waals surface area contributed by atoms with Gasteiger partial charge in [0, 0.05) is 0 Å². The quantitative estimate of drug-likeness (QED) is 0.877. The second kappa shape index (κ2) is 4.86. The molecule has 17 heavy (non-hydrogen) atoms. The number of hydrogen-bond donors (Lipinski definition) is 1. The third kappa shape index (κ3) is 2.38. The highest BCUT2D eigenvalue weighted by atomic mass is 16.5. The molecule has 3 nitrogen and oxygen atoms in total. The molecule has 0 fully saturated rings. The summed E-state index contributed by atoms with van der Waals surface area (Å²) in [6, 6.07) is 13.4. The molecule has 1 atom stereocenters. The smallest absolute Gasteiger partial charge is 0.119 e. The van der Waals surface area contributed by atoms with Crippen LogP contribution in [0.5, 0.6) is 5.75 Å². The lowest BCUT2D eigenvalue weighted by molar-refractivity contribution is 0.183. The first-order valence-corrected chi connectivity index (χ1v) is 5.37. The number of nitrogens with zero attached hydrogens (tertiary/aromatic N) is 1. The lowest BCUT2D eigenvalue weighted by atomic mass is 10.0. The van der Waals surface area contributed by atoms with Gasteiger partial charge in [-0.1, -0.05) is 18.2 Å². The van der Waals surface area contributed by atoms with Crippen molar-refractivity contribution in [2.75, 3.05) is 7.11 Å². The maximum atomic E-state index is 9.73. The minimum Gasteiger partial charge on any atom is -0.497 e. The van der Waals surface area contributed by atoms with E-state index in [-0.39, 0.29) is 6.42 Å². The van der Waals surface area contributed by atoms with Crippen LogP contribution >= 0.6 is 0 Å². The highest BCUT2D eigenvalue weighted by Gasteiger charge is 2.07. The average Bonchev–Trinajstić information content (AvgIpc) is 2.37. The monoisotopic (exact) mass is 227 g/mol. The molecule has 0 bridgehead atoms. The molecule has 0 radical (unpaired) electrons. The molecule has 2 aromatic rings. The molecular formula is C14H13NO2. The van der Waals surface area contributed by atoms with Gasteiger partial charge in [0.1, 0.15) is 5.75 Å². The highest BCUT2D eigenvalue weighted by molar-refractivity contribution is 5.84. The van der Waals surface area contributed by atoms with Crippen LogP contribution in [0.4, 0.5) is 0 Å². The summed E-state index contributed by atoms with van der Waals surface area (Å²) in [7, 11) is 1.63. The summed E-state index contributed by atoms with van der Waals surface area (Å²) < 4.78 is 5.15. The van der Waals surface area contributed by atoms with E-state index in [1.807, 2.05) is 42.5 Å². The van der Waals surface area contributed by atoms with Gasteiger partial charge in [0.15, 0.2) is 0 Å². The Balaban J connectivity index is 2.42. The molecule has 1 N–H and O–H groups in total. The molecule has 0 saturated heterocycles. The Bertz CT molecular complexity index is 572. The fourth-order valence-corrected chi connectivity index (χ4v) is 1.78. The summed E-state index contributed by atoms with van der Waals surface area (Å²) in [5.41, 5.74) is 0.768. The number of fused-ring (bicyclic) bond motifs is 1. The Kier molecular flexibility index (Phi) is 3.27. The number of aliphatic hydroxyl groups is 1. The summed E-state index contributed by atoms with van der Waals surface area (Å²) in [6.45, 7) is 0. The van der Waals surface area contributed by atoms with Crippen LogP contribution in [0.15, 0.2) is 36.4 Å². The standard InChI is InChI=1S/C14H13NO2/c1-17-13-5-4-10-8-12(14(16)6-7-15)3-2-11(10)9-13/h2-5,8-9,14,16H,6H2,1H3. The van der Waals surface area contributed by atoms with Crippen LogP contribution in [-0.4, -0.2) is 12.2 Å². The van der Waals surface area contributed by atoms with Crippen molar-refractivity contribution in [2.24, 2.45) is 0 Å². The molecule has 3 heteroatoms. The Hall–Kier alpha value is -2.05. The number of benzene rings is 2. The van der Waals surface area contributed by atoms with Gasteiger partial charge in [-0.15, -0.1) is 0 Å². The predicted molar refractivity (Wildman–Crippen MR) is 65.7 cm³/mol. The second-order valence-electron chi connectivity index (χ2n) is 3.85. The average molecular weight is 227 g/mol. The molecular weight excluding hydrogens is 214 g/mol. The van der Waals surface area contributed by atoms with Crippen LogP contribution in [-0.2, 0) is 0 Å². The SMILES string of the molecule is COc1ccc2cc(C(O)CC#N)ccc2c1. The molecule has 0 aromatic heterocycles. The maximum Gasteiger partial charge on any atom is 0.119 e. The topological polar surface area (TPSA) is 53.2 Å². The Morgan fingerprint density at radius 3 is 2.65 bits per heavy atom. The van der Waals surface area contributed by atoms with Crippen molar-refractivity contribution in [1.29, 1.82) is 5.26 Å². The van der Waals surface area contributed by atoms with Gasteiger partial charge in [-0.3, -0.25) is 0 Å². The first kappa shape index (κ1) is 11.4. The van der Waals surface area contributed by atoms with Gasteiger partial charge in [0.2, 0.25) is 0 Å². The Labute approximate surface area is 99.9 Å². The Morgan fingerprint density at radius 2 is 1.94 bits per heavy atom. The van der Waals surface area contributed by atoms with E-state index < -0.39 is 6.10 Å². The van der Waals surface area contributed by atoms with Crippen LogP contribution < -0.4 is 4.74 Å². The fourth-order valence-electron chi connectivity index (χ4n) is 1.78. The van der Waals surface area contributed by atoms with Gasteiger partial charge in [-0.25, -0.2) is 0 Å². The maximum absolute atomic E-state index is 9.73. The van der Waals surface area contributed by atoms with Gasteiger partial charge < -0.3 is 9.84 Å². The van der Waals surface area contributed by atoms with Crippen molar-refractivity contribution in [3.8, 4) is 11.8 Å². The molecule has 0 saturated carbocycles. The van der Waals surface area contributed by atoms with Crippen LogP contribution in [0, 0.1) is 11.3 Å². The van der Waals surface area contributed by atoms with Crippen LogP contribution in [0.3, 0.4) is 0 Å². The van der Waals surface area contributed by atoms with Gasteiger partial charge in [-0.05, 0) is 34.5 Å². The van der Waals surface area contributed by atoms with Gasteiger partial charge in [0.05, 0.1) is 25.7 Å². The largest absolute Gasteiger partial charge is 0.497 e. The third-order valence-electron chi connectivity index (χ3n) is 2.74. The van der Waals surface area contributed by atoms with Crippen LogP contribution in [0.2, 0.25) is 0 Å². The zero-order valence-electron chi connectivity index (χ0n) is 9.55. The number of ether oxygens (including phenoxy) is 1. The molecule has 0 aliphatic carbocycles. The van der Waals surface area contributed by atoms with Crippen molar-refractivity contribution in [1.82, 2.24) is 0 Å². The van der Waals surface area contributed by atoms with Crippen molar-refractivity contribution in [3.63, 3.8) is 0 Å². The van der Waals surface area contributed by atoms with Gasteiger partial charge >= 0.3 is 0 Å². The molecule has 86 valence electrons. The molecule has 0 aliphatic rings. The summed E-state index contributed by atoms with van der Waals surface area (Å²) in [4.78, 5) is 0. The number of rotatable bonds is 3. The molecule has 0 amide bonds. The predicted octanol–water partition coefficient (Wildman–Crippen LogP) is 2.80. The van der Waals surface area contributed by atoms with E-state index in [0.717, 1.165) is 22.1 Å². The summed E-state index contributed by atoms with van der Waals surface area (Å²) in [6.07, 6.45) is -0.603. The molecule has 1 unspecified atom stereocenters. The van der Waals surface area contributed by atoms with E-state index in [4.69, 9.17) is 10.00 Å². The normalized spacial score (nSPS) is 12.1. The minimum atomic E-state index is -0.716. The van der Waals surface area contributed by atoms with Crippen molar-refractivity contribution >= 4 is 10.8 Å². The van der Waals surface area contributed by atoms with E-state index >= 15 is 0 Å². The minimum absolute atomic E-state index is 0.113. The zero-order chi connectivity index (χ0) is 12.3. The third-order valence-corrected chi connectivity index (χ3v) is 2.74. The van der Waals surface area contributed by atoms with Gasteiger partial charge in [-0.2, -0.15) is 5.26 Å². The van der Waals surface area contributed by atoms with Crippen molar-refractivity contribution in [3.05, 3.63) is 42.0 Å². The van der Waals surface area contributed by atoms with Crippen LogP contribution in [0.1, 0.15) is 18.1 Å². The van der Waals surface area contributed by atoms with Gasteiger partial charge in [0.25, 0.3) is 0 Å². The first-order chi connectivity index (χ1) is 8.24. The Morgan fingerprint density at radius 1 is 1.24 bits per heavy atom. The fraction of sp³-hybridized carbons (Fsp3) is 0.214. The molecule has 2 rings (SSSR count). The summed E-state index contributed by atoms with van der Waals surface area (Å²) in [5.74, 6) is 0.808. The number of hydrogen-bond acceptors (Lipinski definition) is 3. The highest BCUT2D eigenvalue weighted by Crippen LogP contribution is 2.25. The van der Waals surface area contributed by atoms with Crippen molar-refractivity contribution in [2.45, 2.75) is 12.5 Å². The lowest BCUT2D eigenvalue weighted by Gasteiger charge is -2.09. The lowest BCUT2D eigenvalue weighted by Crippen LogP contribution is -1.95. The number of nitriles is 1. The molecule has 0 spiro atoms. The zero-order valence-corrected chi connectivity index (χ0v) is 9.55.